The van der Waals surface area contributed by atoms with Crippen LogP contribution in [0.1, 0.15) is 117 Å². The van der Waals surface area contributed by atoms with E-state index in [1.54, 1.807) is 0 Å². The minimum Gasteiger partial charge on any atom is -0.392 e. The number of hydrogen-bond donors (Lipinski definition) is 4. The van der Waals surface area contributed by atoms with E-state index in [9.17, 15) is 10.2 Å². The van der Waals surface area contributed by atoms with E-state index in [0.717, 1.165) is 6.42 Å². The molecule has 0 amide bonds. The SMILES string of the molecule is CC.CC.CC1Cc2ccccc2C1NC(O)CCC(O)CNSP.CCC.CCC(C)c1ccccc1. The van der Waals surface area contributed by atoms with E-state index in [1.807, 2.05) is 33.8 Å². The van der Waals surface area contributed by atoms with Gasteiger partial charge in [-0.05, 0) is 54.2 Å². The molecule has 4 nitrogen and oxygen atoms in total. The molecular formula is C32H59N2O2PS. The Morgan fingerprint density at radius 1 is 0.921 bits per heavy atom. The Bertz CT molecular complexity index is 766. The van der Waals surface area contributed by atoms with Crippen molar-refractivity contribution in [2.45, 2.75) is 119 Å². The topological polar surface area (TPSA) is 64.5 Å². The van der Waals surface area contributed by atoms with Gasteiger partial charge in [0.05, 0.1) is 6.10 Å². The lowest BCUT2D eigenvalue weighted by molar-refractivity contribution is 0.0796. The van der Waals surface area contributed by atoms with Gasteiger partial charge in [0.2, 0.25) is 0 Å². The molecule has 0 saturated carbocycles. The second kappa shape index (κ2) is 26.3. The molecule has 3 rings (SSSR count). The van der Waals surface area contributed by atoms with E-state index < -0.39 is 12.3 Å². The van der Waals surface area contributed by atoms with Crippen LogP contribution in [0.2, 0.25) is 0 Å². The maximum atomic E-state index is 10.2. The van der Waals surface area contributed by atoms with E-state index in [4.69, 9.17) is 0 Å². The highest BCUT2D eigenvalue weighted by molar-refractivity contribution is 8.42. The molecule has 2 aromatic carbocycles. The van der Waals surface area contributed by atoms with Crippen LogP contribution in [0.25, 0.3) is 0 Å². The third kappa shape index (κ3) is 16.9. The van der Waals surface area contributed by atoms with Crippen molar-refractivity contribution in [3.63, 3.8) is 0 Å². The molecule has 6 atom stereocenters. The smallest absolute Gasteiger partial charge is 0.105 e. The number of aliphatic hydroxyl groups is 2. The second-order valence-electron chi connectivity index (χ2n) is 9.16. The zero-order chi connectivity index (χ0) is 29.3. The van der Waals surface area contributed by atoms with E-state index in [2.05, 4.69) is 102 Å². The van der Waals surface area contributed by atoms with Crippen molar-refractivity contribution in [1.29, 1.82) is 0 Å². The molecule has 0 aliphatic heterocycles. The molecule has 0 aromatic heterocycles. The van der Waals surface area contributed by atoms with Gasteiger partial charge in [-0.2, -0.15) is 0 Å². The Morgan fingerprint density at radius 2 is 1.47 bits per heavy atom. The molecule has 0 spiro atoms. The minimum absolute atomic E-state index is 0.203. The van der Waals surface area contributed by atoms with Gasteiger partial charge in [-0.25, -0.2) is 0 Å². The molecular weight excluding hydrogens is 507 g/mol. The summed E-state index contributed by atoms with van der Waals surface area (Å²) in [4.78, 5) is 0. The quantitative estimate of drug-likeness (QED) is 0.132. The summed E-state index contributed by atoms with van der Waals surface area (Å²) in [6.45, 7) is 19.5. The molecule has 220 valence electrons. The first kappa shape index (κ1) is 39.2. The van der Waals surface area contributed by atoms with Crippen LogP contribution in [0.3, 0.4) is 0 Å². The van der Waals surface area contributed by atoms with Crippen LogP contribution in [-0.4, -0.2) is 29.1 Å². The van der Waals surface area contributed by atoms with E-state index in [-0.39, 0.29) is 6.04 Å². The monoisotopic (exact) mass is 566 g/mol. The largest absolute Gasteiger partial charge is 0.392 e. The molecule has 0 radical (unpaired) electrons. The highest BCUT2D eigenvalue weighted by atomic mass is 32.7. The maximum Gasteiger partial charge on any atom is 0.105 e. The lowest BCUT2D eigenvalue weighted by Crippen LogP contribution is -2.35. The van der Waals surface area contributed by atoms with Crippen LogP contribution in [0.5, 0.6) is 0 Å². The van der Waals surface area contributed by atoms with Gasteiger partial charge in [0.25, 0.3) is 0 Å². The maximum absolute atomic E-state index is 10.2. The summed E-state index contributed by atoms with van der Waals surface area (Å²) < 4.78 is 2.99. The summed E-state index contributed by atoms with van der Waals surface area (Å²) >= 11 is 1.41. The zero-order valence-corrected chi connectivity index (χ0v) is 27.7. The van der Waals surface area contributed by atoms with Crippen LogP contribution >= 0.6 is 20.0 Å². The van der Waals surface area contributed by atoms with Crippen LogP contribution in [0.15, 0.2) is 54.6 Å². The molecule has 0 fully saturated rings. The number of benzene rings is 2. The zero-order valence-electron chi connectivity index (χ0n) is 25.7. The Hall–Kier alpha value is -0.940. The summed E-state index contributed by atoms with van der Waals surface area (Å²) in [5.41, 5.74) is 4.12. The Morgan fingerprint density at radius 3 is 2.03 bits per heavy atom. The molecule has 0 saturated heterocycles. The molecule has 0 bridgehead atoms. The van der Waals surface area contributed by atoms with Crippen molar-refractivity contribution in [2.24, 2.45) is 5.92 Å². The first-order chi connectivity index (χ1) is 18.4. The van der Waals surface area contributed by atoms with Gasteiger partial charge in [-0.15, -0.1) is 0 Å². The molecule has 2 aromatic rings. The van der Waals surface area contributed by atoms with Gasteiger partial charge in [0.15, 0.2) is 0 Å². The number of rotatable bonds is 10. The first-order valence-corrected chi connectivity index (χ1v) is 17.0. The van der Waals surface area contributed by atoms with Crippen LogP contribution in [0.4, 0.5) is 0 Å². The predicted octanol–water partition coefficient (Wildman–Crippen LogP) is 8.67. The summed E-state index contributed by atoms with van der Waals surface area (Å²) in [5, 5.41) is 23.3. The summed E-state index contributed by atoms with van der Waals surface area (Å²) in [5.74, 6) is 1.19. The number of hydrogen-bond acceptors (Lipinski definition) is 5. The van der Waals surface area contributed by atoms with Crippen molar-refractivity contribution in [1.82, 2.24) is 10.0 Å². The van der Waals surface area contributed by atoms with E-state index in [1.165, 1.54) is 41.1 Å². The summed E-state index contributed by atoms with van der Waals surface area (Å²) in [6, 6.07) is 19.3. The van der Waals surface area contributed by atoms with Gasteiger partial charge in [-0.3, -0.25) is 10.0 Å². The average Bonchev–Trinajstić information content (AvgIpc) is 3.28. The van der Waals surface area contributed by atoms with Gasteiger partial charge >= 0.3 is 0 Å². The third-order valence-electron chi connectivity index (χ3n) is 6.03. The Kier molecular flexibility index (Phi) is 27.1. The lowest BCUT2D eigenvalue weighted by atomic mass is 9.99. The Balaban J connectivity index is 0. The van der Waals surface area contributed by atoms with Crippen molar-refractivity contribution in [3.8, 4) is 0 Å². The van der Waals surface area contributed by atoms with Gasteiger partial charge in [0, 0.05) is 12.6 Å². The average molecular weight is 567 g/mol. The van der Waals surface area contributed by atoms with Crippen LogP contribution in [-0.2, 0) is 6.42 Å². The standard InChI is InChI=1S/C15H25N2O2PS.C10H14.C3H8.2C2H6/c1-10-8-11-4-2-3-5-13(11)15(10)17-14(19)7-6-12(18)9-16-21-20;1-3-9(2)10-7-5-4-6-8-10;1-3-2;2*1-2/h2-5,10,12,14-19H,6-9,20H2,1H3;4-9H,3H2,1-2H3;3H2,1-2H3;2*1-2H3. The molecule has 4 N–H and O–H groups in total. The number of aliphatic hydroxyl groups excluding tert-OH is 2. The first-order valence-electron chi connectivity index (χ1n) is 14.7. The van der Waals surface area contributed by atoms with Crippen molar-refractivity contribution < 1.29 is 10.2 Å². The fourth-order valence-corrected chi connectivity index (χ4v) is 4.53. The van der Waals surface area contributed by atoms with Gasteiger partial charge < -0.3 is 10.2 Å². The molecule has 38 heavy (non-hydrogen) atoms. The molecule has 6 unspecified atom stereocenters. The number of nitrogens with one attached hydrogen (secondary N) is 2. The predicted molar refractivity (Wildman–Crippen MR) is 176 cm³/mol. The molecule has 1 aliphatic carbocycles. The highest BCUT2D eigenvalue weighted by Gasteiger charge is 2.30. The molecule has 1 aliphatic rings. The summed E-state index contributed by atoms with van der Waals surface area (Å²) in [6.07, 6.45) is 3.65. The second-order valence-corrected chi connectivity index (χ2v) is 10.4. The summed E-state index contributed by atoms with van der Waals surface area (Å²) in [7, 11) is 2.48. The molecule has 0 heterocycles. The fraction of sp³-hybridized carbons (Fsp3) is 0.625. The van der Waals surface area contributed by atoms with Crippen molar-refractivity contribution in [2.75, 3.05) is 6.54 Å². The van der Waals surface area contributed by atoms with E-state index in [0.29, 0.717) is 31.2 Å². The lowest BCUT2D eigenvalue weighted by Gasteiger charge is -2.23. The van der Waals surface area contributed by atoms with Gasteiger partial charge in [-0.1, -0.05) is 143 Å². The number of fused-ring (bicyclic) bond motifs is 1. The van der Waals surface area contributed by atoms with Crippen LogP contribution in [0, 0.1) is 5.92 Å². The van der Waals surface area contributed by atoms with E-state index >= 15 is 0 Å². The van der Waals surface area contributed by atoms with Crippen molar-refractivity contribution >= 4 is 20.0 Å². The van der Waals surface area contributed by atoms with Crippen LogP contribution < -0.4 is 10.0 Å². The third-order valence-corrected chi connectivity index (χ3v) is 6.86. The molecule has 6 heteroatoms. The minimum atomic E-state index is -0.582. The van der Waals surface area contributed by atoms with Crippen molar-refractivity contribution in [3.05, 3.63) is 71.3 Å². The Labute approximate surface area is 242 Å². The fourth-order valence-electron chi connectivity index (χ4n) is 3.95. The van der Waals surface area contributed by atoms with Gasteiger partial charge in [0.1, 0.15) is 6.23 Å². The highest BCUT2D eigenvalue weighted by Crippen LogP contribution is 2.35. The normalized spacial score (nSPS) is 17.4.